The Labute approximate surface area is 124 Å². The molecule has 1 aromatic carbocycles. The molecule has 1 aromatic rings. The van der Waals surface area contributed by atoms with Gasteiger partial charge in [0.1, 0.15) is 25.3 Å². The predicted molar refractivity (Wildman–Crippen MR) is 79.2 cm³/mol. The van der Waals surface area contributed by atoms with Crippen LogP contribution < -0.4 is 16.0 Å². The van der Waals surface area contributed by atoms with E-state index in [0.29, 0.717) is 17.8 Å². The van der Waals surface area contributed by atoms with Gasteiger partial charge in [0.05, 0.1) is 0 Å². The number of primary amides is 1. The molecule has 114 valence electrons. The summed E-state index contributed by atoms with van der Waals surface area (Å²) in [7, 11) is 0. The number of ether oxygens (including phenoxy) is 1. The monoisotopic (exact) mass is 292 g/mol. The van der Waals surface area contributed by atoms with E-state index in [1.165, 1.54) is 4.90 Å². The molecule has 0 aliphatic carbocycles. The number of nitrogens with two attached hydrogens (primary N) is 1. The second-order valence-corrected chi connectivity index (χ2v) is 5.58. The van der Waals surface area contributed by atoms with E-state index in [0.717, 1.165) is 13.1 Å². The van der Waals surface area contributed by atoms with Crippen molar-refractivity contribution in [2.45, 2.75) is 26.1 Å². The molecule has 0 bridgehead atoms. The van der Waals surface area contributed by atoms with Gasteiger partial charge in [0.2, 0.25) is 5.91 Å². The summed E-state index contributed by atoms with van der Waals surface area (Å²) in [6.45, 7) is 6.12. The first-order valence-corrected chi connectivity index (χ1v) is 7.13. The fourth-order valence-electron chi connectivity index (χ4n) is 2.68. The van der Waals surface area contributed by atoms with E-state index in [4.69, 9.17) is 10.5 Å². The predicted octanol–water partition coefficient (Wildman–Crippen LogP) is -0.584. The zero-order valence-electron chi connectivity index (χ0n) is 12.4. The van der Waals surface area contributed by atoms with Gasteiger partial charge in [-0.05, 0) is 38.1 Å². The zero-order chi connectivity index (χ0) is 15.4. The number of anilines is 1. The molecule has 21 heavy (non-hydrogen) atoms. The smallest absolute Gasteiger partial charge is 0.279 e. The largest absolute Gasteiger partial charge is 0.366 e. The van der Waals surface area contributed by atoms with Crippen molar-refractivity contribution in [2.24, 2.45) is 5.73 Å². The number of hydrogen-bond donors (Lipinski definition) is 3. The van der Waals surface area contributed by atoms with Crippen LogP contribution in [0.1, 0.15) is 24.2 Å². The number of amides is 2. The summed E-state index contributed by atoms with van der Waals surface area (Å²) in [5.41, 5.74) is 6.26. The van der Waals surface area contributed by atoms with Gasteiger partial charge < -0.3 is 20.7 Å². The van der Waals surface area contributed by atoms with E-state index in [9.17, 15) is 9.59 Å². The number of rotatable bonds is 4. The molecule has 1 aliphatic rings. The van der Waals surface area contributed by atoms with E-state index in [1.807, 2.05) is 13.8 Å². The standard InChI is InChI=1S/C15H21N3O3/c1-10-7-18(8-11(2)21-10)9-14(19)17-13-5-3-12(4-6-13)15(16)20/h3-6,10-11H,7-9H2,1-2H3,(H2,16,20)(H,17,19)/p+1/t10-,11-/m0/s1. The fraction of sp³-hybridized carbons (Fsp3) is 0.467. The lowest BCUT2D eigenvalue weighted by molar-refractivity contribution is -0.907. The molecule has 0 spiro atoms. The van der Waals surface area contributed by atoms with E-state index < -0.39 is 5.91 Å². The lowest BCUT2D eigenvalue weighted by atomic mass is 10.2. The Morgan fingerprint density at radius 3 is 2.33 bits per heavy atom. The Morgan fingerprint density at radius 2 is 1.81 bits per heavy atom. The second kappa shape index (κ2) is 6.69. The highest BCUT2D eigenvalue weighted by Crippen LogP contribution is 2.08. The maximum absolute atomic E-state index is 12.0. The molecule has 1 aliphatic heterocycles. The van der Waals surface area contributed by atoms with Crippen molar-refractivity contribution < 1.29 is 19.2 Å². The summed E-state index contributed by atoms with van der Waals surface area (Å²) in [5.74, 6) is -0.522. The van der Waals surface area contributed by atoms with Crippen LogP contribution in [0.5, 0.6) is 0 Å². The van der Waals surface area contributed by atoms with Gasteiger partial charge in [-0.25, -0.2) is 0 Å². The average molecular weight is 292 g/mol. The van der Waals surface area contributed by atoms with Gasteiger partial charge in [0, 0.05) is 11.3 Å². The highest BCUT2D eigenvalue weighted by Gasteiger charge is 2.27. The SMILES string of the molecule is C[C@H]1C[NH+](CC(=O)Nc2ccc(C(N)=O)cc2)C[C@H](C)O1. The van der Waals surface area contributed by atoms with Crippen LogP contribution in [-0.4, -0.2) is 43.7 Å². The highest BCUT2D eigenvalue weighted by atomic mass is 16.5. The fourth-order valence-corrected chi connectivity index (χ4v) is 2.68. The van der Waals surface area contributed by atoms with E-state index >= 15 is 0 Å². The molecule has 0 radical (unpaired) electrons. The number of quaternary nitrogens is 1. The summed E-state index contributed by atoms with van der Waals surface area (Å²) in [4.78, 5) is 24.2. The van der Waals surface area contributed by atoms with Crippen LogP contribution >= 0.6 is 0 Å². The second-order valence-electron chi connectivity index (χ2n) is 5.58. The quantitative estimate of drug-likeness (QED) is 0.694. The maximum atomic E-state index is 12.0. The molecule has 1 saturated heterocycles. The molecule has 0 saturated carbocycles. The number of nitrogens with one attached hydrogen (secondary N) is 2. The zero-order valence-corrected chi connectivity index (χ0v) is 12.4. The van der Waals surface area contributed by atoms with E-state index in [-0.39, 0.29) is 18.1 Å². The molecule has 4 N–H and O–H groups in total. The molecule has 2 rings (SSSR count). The number of morpholine rings is 1. The Morgan fingerprint density at radius 1 is 1.24 bits per heavy atom. The van der Waals surface area contributed by atoms with Gasteiger partial charge in [0.15, 0.2) is 6.54 Å². The number of carbonyl (C=O) groups is 2. The molecule has 6 nitrogen and oxygen atoms in total. The van der Waals surface area contributed by atoms with Gasteiger partial charge in [-0.2, -0.15) is 0 Å². The third-order valence-electron chi connectivity index (χ3n) is 3.48. The van der Waals surface area contributed by atoms with Crippen molar-refractivity contribution in [3.05, 3.63) is 29.8 Å². The van der Waals surface area contributed by atoms with Crippen molar-refractivity contribution >= 4 is 17.5 Å². The van der Waals surface area contributed by atoms with Crippen LogP contribution in [-0.2, 0) is 9.53 Å². The van der Waals surface area contributed by atoms with Crippen LogP contribution in [0.4, 0.5) is 5.69 Å². The average Bonchev–Trinajstić information content (AvgIpc) is 2.37. The van der Waals surface area contributed by atoms with Crippen molar-refractivity contribution in [1.82, 2.24) is 0 Å². The minimum absolute atomic E-state index is 0.0434. The molecule has 2 amide bonds. The lowest BCUT2D eigenvalue weighted by Crippen LogP contribution is -3.16. The molecule has 0 unspecified atom stereocenters. The molecule has 1 heterocycles. The molecule has 1 fully saturated rings. The number of hydrogen-bond acceptors (Lipinski definition) is 3. The molecular weight excluding hydrogens is 270 g/mol. The van der Waals surface area contributed by atoms with Gasteiger partial charge in [-0.1, -0.05) is 0 Å². The van der Waals surface area contributed by atoms with Crippen LogP contribution in [0.25, 0.3) is 0 Å². The van der Waals surface area contributed by atoms with Gasteiger partial charge in [0.25, 0.3) is 5.91 Å². The molecule has 6 heteroatoms. The summed E-state index contributed by atoms with van der Waals surface area (Å²) < 4.78 is 5.66. The Kier molecular flexibility index (Phi) is 4.93. The molecule has 2 atom stereocenters. The Balaban J connectivity index is 1.88. The van der Waals surface area contributed by atoms with Gasteiger partial charge >= 0.3 is 0 Å². The summed E-state index contributed by atoms with van der Waals surface area (Å²) in [6.07, 6.45) is 0.345. The van der Waals surface area contributed by atoms with Crippen molar-refractivity contribution in [3.8, 4) is 0 Å². The van der Waals surface area contributed by atoms with Crippen molar-refractivity contribution in [3.63, 3.8) is 0 Å². The van der Waals surface area contributed by atoms with E-state index in [2.05, 4.69) is 5.32 Å². The first kappa shape index (κ1) is 15.5. The number of carbonyl (C=O) groups excluding carboxylic acids is 2. The van der Waals surface area contributed by atoms with Gasteiger partial charge in [-0.3, -0.25) is 9.59 Å². The van der Waals surface area contributed by atoms with Crippen LogP contribution in [0, 0.1) is 0 Å². The van der Waals surface area contributed by atoms with Crippen LogP contribution in [0.2, 0.25) is 0 Å². The van der Waals surface area contributed by atoms with Crippen molar-refractivity contribution in [1.29, 1.82) is 0 Å². The first-order chi connectivity index (χ1) is 9.94. The van der Waals surface area contributed by atoms with Crippen molar-refractivity contribution in [2.75, 3.05) is 25.0 Å². The normalized spacial score (nSPS) is 25.3. The van der Waals surface area contributed by atoms with E-state index in [1.54, 1.807) is 24.3 Å². The van der Waals surface area contributed by atoms with Gasteiger partial charge in [-0.15, -0.1) is 0 Å². The summed E-state index contributed by atoms with van der Waals surface area (Å²) >= 11 is 0. The minimum atomic E-state index is -0.478. The molecular formula is C15H22N3O3+. The third-order valence-corrected chi connectivity index (χ3v) is 3.48. The minimum Gasteiger partial charge on any atom is -0.366 e. The Bertz CT molecular complexity index is 505. The first-order valence-electron chi connectivity index (χ1n) is 7.13. The summed E-state index contributed by atoms with van der Waals surface area (Å²) in [5, 5.41) is 2.83. The number of benzene rings is 1. The van der Waals surface area contributed by atoms with Crippen LogP contribution in [0.15, 0.2) is 24.3 Å². The highest BCUT2D eigenvalue weighted by molar-refractivity contribution is 5.95. The summed E-state index contributed by atoms with van der Waals surface area (Å²) in [6, 6.07) is 6.56. The Hall–Kier alpha value is -1.92. The molecule has 0 aromatic heterocycles. The van der Waals surface area contributed by atoms with Crippen LogP contribution in [0.3, 0.4) is 0 Å². The lowest BCUT2D eigenvalue weighted by Gasteiger charge is -2.31. The maximum Gasteiger partial charge on any atom is 0.279 e. The topological polar surface area (TPSA) is 85.9 Å². The third kappa shape index (κ3) is 4.54.